The van der Waals surface area contributed by atoms with Crippen LogP contribution in [0, 0.1) is 5.92 Å². The van der Waals surface area contributed by atoms with E-state index in [1.165, 1.54) is 31.6 Å². The third-order valence-electron chi connectivity index (χ3n) is 3.28. The zero-order chi connectivity index (χ0) is 10.3. The second-order valence-electron chi connectivity index (χ2n) is 4.31. The van der Waals surface area contributed by atoms with Gasteiger partial charge in [0.2, 0.25) is 0 Å². The largest absolute Gasteiger partial charge is 0.374 e. The summed E-state index contributed by atoms with van der Waals surface area (Å²) in [5, 5.41) is 0. The maximum atomic E-state index is 4.38. The van der Waals surface area contributed by atoms with Crippen molar-refractivity contribution in [1.29, 1.82) is 0 Å². The molecule has 78 valence electrons. The van der Waals surface area contributed by atoms with Gasteiger partial charge in [0.05, 0.1) is 5.69 Å². The molecule has 3 rings (SSSR count). The van der Waals surface area contributed by atoms with Gasteiger partial charge in [0, 0.05) is 29.5 Å². The van der Waals surface area contributed by atoms with Crippen LogP contribution >= 0.6 is 15.9 Å². The van der Waals surface area contributed by atoms with Crippen molar-refractivity contribution in [3.63, 3.8) is 0 Å². The molecule has 2 aliphatic rings. The van der Waals surface area contributed by atoms with E-state index < -0.39 is 0 Å². The van der Waals surface area contributed by atoms with Crippen LogP contribution in [-0.2, 0) is 0 Å². The molecule has 1 atom stereocenters. The number of rotatable bonds is 1. The van der Waals surface area contributed by atoms with Gasteiger partial charge >= 0.3 is 0 Å². The van der Waals surface area contributed by atoms with E-state index in [0.29, 0.717) is 0 Å². The summed E-state index contributed by atoms with van der Waals surface area (Å²) in [4.78, 5) is 6.87. The maximum Gasteiger partial charge on any atom is 0.0788 e. The lowest BCUT2D eigenvalue weighted by Crippen LogP contribution is -2.14. The SMILES string of the molecule is Brc1cccnc1C=C1CC2CCN1C2. The Kier molecular flexibility index (Phi) is 2.28. The van der Waals surface area contributed by atoms with Crippen molar-refractivity contribution in [2.24, 2.45) is 5.92 Å². The van der Waals surface area contributed by atoms with Crippen molar-refractivity contribution in [2.45, 2.75) is 12.8 Å². The van der Waals surface area contributed by atoms with E-state index in [1.807, 2.05) is 18.3 Å². The molecule has 2 nitrogen and oxygen atoms in total. The van der Waals surface area contributed by atoms with Crippen molar-refractivity contribution in [2.75, 3.05) is 13.1 Å². The average molecular weight is 265 g/mol. The zero-order valence-electron chi connectivity index (χ0n) is 8.49. The first-order valence-electron chi connectivity index (χ1n) is 5.39. The second-order valence-corrected chi connectivity index (χ2v) is 5.17. The Labute approximate surface area is 98.1 Å². The van der Waals surface area contributed by atoms with E-state index >= 15 is 0 Å². The molecule has 0 aliphatic carbocycles. The first-order valence-corrected chi connectivity index (χ1v) is 6.18. The summed E-state index contributed by atoms with van der Waals surface area (Å²) in [6, 6.07) is 4.00. The smallest absolute Gasteiger partial charge is 0.0788 e. The topological polar surface area (TPSA) is 16.1 Å². The molecule has 0 saturated carbocycles. The van der Waals surface area contributed by atoms with Gasteiger partial charge in [-0.05, 0) is 52.9 Å². The third kappa shape index (κ3) is 1.69. The number of pyridine rings is 1. The molecular weight excluding hydrogens is 252 g/mol. The van der Waals surface area contributed by atoms with Gasteiger partial charge in [-0.15, -0.1) is 0 Å². The van der Waals surface area contributed by atoms with E-state index in [0.717, 1.165) is 16.1 Å². The molecule has 15 heavy (non-hydrogen) atoms. The lowest BCUT2D eigenvalue weighted by molar-refractivity contribution is 0.445. The number of allylic oxidation sites excluding steroid dienone is 1. The van der Waals surface area contributed by atoms with Crippen molar-refractivity contribution >= 4 is 22.0 Å². The predicted octanol–water partition coefficient (Wildman–Crippen LogP) is 2.91. The molecule has 1 unspecified atom stereocenters. The normalized spacial score (nSPS) is 26.6. The van der Waals surface area contributed by atoms with Crippen LogP contribution in [0.25, 0.3) is 6.08 Å². The fourth-order valence-corrected chi connectivity index (χ4v) is 2.87. The van der Waals surface area contributed by atoms with Crippen LogP contribution in [-0.4, -0.2) is 23.0 Å². The van der Waals surface area contributed by atoms with Crippen molar-refractivity contribution in [3.8, 4) is 0 Å². The monoisotopic (exact) mass is 264 g/mol. The fourth-order valence-electron chi connectivity index (χ4n) is 2.50. The minimum Gasteiger partial charge on any atom is -0.374 e. The number of fused-ring (bicyclic) bond motifs is 2. The van der Waals surface area contributed by atoms with Crippen LogP contribution in [0.4, 0.5) is 0 Å². The molecule has 0 amide bonds. The summed E-state index contributed by atoms with van der Waals surface area (Å²) < 4.78 is 1.08. The highest BCUT2D eigenvalue weighted by molar-refractivity contribution is 9.10. The lowest BCUT2D eigenvalue weighted by atomic mass is 10.0. The quantitative estimate of drug-likeness (QED) is 0.776. The lowest BCUT2D eigenvalue weighted by Gasteiger charge is -2.18. The standard InChI is InChI=1S/C12H13BrN2/c13-11-2-1-4-14-12(11)7-10-6-9-3-5-15(10)8-9/h1-2,4,7,9H,3,5-6,8H2. The molecule has 3 heteroatoms. The third-order valence-corrected chi connectivity index (χ3v) is 3.95. The highest BCUT2D eigenvalue weighted by Crippen LogP contribution is 2.36. The zero-order valence-corrected chi connectivity index (χ0v) is 10.1. The molecule has 1 aromatic heterocycles. The predicted molar refractivity (Wildman–Crippen MR) is 64.2 cm³/mol. The van der Waals surface area contributed by atoms with Crippen LogP contribution in [0.15, 0.2) is 28.5 Å². The molecule has 2 saturated heterocycles. The Bertz CT molecular complexity index is 414. The van der Waals surface area contributed by atoms with Crippen molar-refractivity contribution < 1.29 is 0 Å². The van der Waals surface area contributed by atoms with E-state index in [9.17, 15) is 0 Å². The van der Waals surface area contributed by atoms with Gasteiger partial charge in [-0.1, -0.05) is 0 Å². The van der Waals surface area contributed by atoms with Gasteiger partial charge in [-0.3, -0.25) is 4.98 Å². The molecule has 0 radical (unpaired) electrons. The Morgan fingerprint density at radius 3 is 3.13 bits per heavy atom. The summed E-state index contributed by atoms with van der Waals surface area (Å²) in [5.74, 6) is 0.902. The Hall–Kier alpha value is -0.830. The van der Waals surface area contributed by atoms with Gasteiger partial charge in [0.25, 0.3) is 0 Å². The van der Waals surface area contributed by atoms with E-state index in [2.05, 4.69) is 31.9 Å². The fraction of sp³-hybridized carbons (Fsp3) is 0.417. The van der Waals surface area contributed by atoms with Gasteiger partial charge in [0.1, 0.15) is 0 Å². The first-order chi connectivity index (χ1) is 7.33. The number of halogens is 1. The molecule has 0 spiro atoms. The minimum absolute atomic E-state index is 0.902. The Morgan fingerprint density at radius 1 is 1.53 bits per heavy atom. The van der Waals surface area contributed by atoms with Crippen LogP contribution in [0.2, 0.25) is 0 Å². The first kappa shape index (κ1) is 9.40. The second kappa shape index (κ2) is 3.63. The molecule has 3 heterocycles. The molecule has 2 aliphatic heterocycles. The molecular formula is C12H13BrN2. The highest BCUT2D eigenvalue weighted by Gasteiger charge is 2.32. The van der Waals surface area contributed by atoms with Crippen LogP contribution < -0.4 is 0 Å². The van der Waals surface area contributed by atoms with Crippen molar-refractivity contribution in [1.82, 2.24) is 9.88 Å². The average Bonchev–Trinajstić information content (AvgIpc) is 2.83. The summed E-state index contributed by atoms with van der Waals surface area (Å²) in [6.45, 7) is 2.50. The van der Waals surface area contributed by atoms with Crippen LogP contribution in [0.5, 0.6) is 0 Å². The van der Waals surface area contributed by atoms with Crippen LogP contribution in [0.3, 0.4) is 0 Å². The number of hydrogen-bond donors (Lipinski definition) is 0. The van der Waals surface area contributed by atoms with Gasteiger partial charge < -0.3 is 4.90 Å². The van der Waals surface area contributed by atoms with E-state index in [1.54, 1.807) is 0 Å². The summed E-state index contributed by atoms with van der Waals surface area (Å²) in [7, 11) is 0. The number of aromatic nitrogens is 1. The summed E-state index contributed by atoms with van der Waals surface area (Å²) in [5.41, 5.74) is 2.52. The Balaban J connectivity index is 1.91. The van der Waals surface area contributed by atoms with Crippen LogP contribution in [0.1, 0.15) is 18.5 Å². The number of piperidine rings is 1. The van der Waals surface area contributed by atoms with Crippen molar-refractivity contribution in [3.05, 3.63) is 34.2 Å². The summed E-state index contributed by atoms with van der Waals surface area (Å²) in [6.07, 6.45) is 6.69. The molecule has 2 bridgehead atoms. The van der Waals surface area contributed by atoms with E-state index in [-0.39, 0.29) is 0 Å². The van der Waals surface area contributed by atoms with Gasteiger partial charge in [-0.25, -0.2) is 0 Å². The Morgan fingerprint density at radius 2 is 2.47 bits per heavy atom. The molecule has 1 aromatic rings. The number of hydrogen-bond acceptors (Lipinski definition) is 2. The van der Waals surface area contributed by atoms with Gasteiger partial charge in [0.15, 0.2) is 0 Å². The summed E-state index contributed by atoms with van der Waals surface area (Å²) >= 11 is 3.53. The minimum atomic E-state index is 0.902. The molecule has 0 aromatic carbocycles. The molecule has 0 N–H and O–H groups in total. The van der Waals surface area contributed by atoms with E-state index in [4.69, 9.17) is 0 Å². The molecule has 2 fully saturated rings. The van der Waals surface area contributed by atoms with Gasteiger partial charge in [-0.2, -0.15) is 0 Å². The highest BCUT2D eigenvalue weighted by atomic mass is 79.9. The number of nitrogens with zero attached hydrogens (tertiary/aromatic N) is 2. The maximum absolute atomic E-state index is 4.38.